The van der Waals surface area contributed by atoms with Crippen LogP contribution in [0.25, 0.3) is 0 Å². The molecule has 0 spiro atoms. The van der Waals surface area contributed by atoms with Gasteiger partial charge in [-0.3, -0.25) is 0 Å². The Bertz CT molecular complexity index is 663. The second-order valence-electron chi connectivity index (χ2n) is 5.57. The third-order valence-corrected chi connectivity index (χ3v) is 4.74. The second-order valence-corrected chi connectivity index (χ2v) is 6.94. The van der Waals surface area contributed by atoms with Crippen LogP contribution in [0.5, 0.6) is 0 Å². The fourth-order valence-electron chi connectivity index (χ4n) is 2.27. The van der Waals surface area contributed by atoms with Gasteiger partial charge in [0.25, 0.3) is 0 Å². The third kappa shape index (κ3) is 6.41. The molecule has 0 unspecified atom stereocenters. The Morgan fingerprint density at radius 1 is 0.520 bits per heavy atom. The van der Waals surface area contributed by atoms with Gasteiger partial charge in [0, 0.05) is 0 Å². The molecule has 0 radical (unpaired) electrons. The molecule has 0 bridgehead atoms. The summed E-state index contributed by atoms with van der Waals surface area (Å²) >= 11 is 0. The first kappa shape index (κ1) is 16.4. The van der Waals surface area contributed by atoms with Gasteiger partial charge in [0.2, 0.25) is 0 Å². The van der Waals surface area contributed by atoms with Crippen LogP contribution in [0.15, 0.2) is 91.0 Å². The Labute approximate surface area is 151 Å². The fraction of sp³-hybridized carbons (Fsp3) is 0.143. The molecule has 25 heavy (non-hydrogen) atoms. The van der Waals surface area contributed by atoms with E-state index in [2.05, 4.69) is 0 Å². The summed E-state index contributed by atoms with van der Waals surface area (Å²) in [7, 11) is -3.55. The van der Waals surface area contributed by atoms with Crippen LogP contribution in [0.2, 0.25) is 0 Å². The van der Waals surface area contributed by atoms with E-state index >= 15 is 0 Å². The van der Waals surface area contributed by atoms with Crippen LogP contribution in [0.3, 0.4) is 0 Å². The van der Waals surface area contributed by atoms with E-state index in [1.54, 1.807) is 0 Å². The predicted molar refractivity (Wildman–Crippen MR) is 103 cm³/mol. The number of benzene rings is 3. The van der Waals surface area contributed by atoms with Gasteiger partial charge in [-0.1, -0.05) is 0 Å². The van der Waals surface area contributed by atoms with Crippen molar-refractivity contribution in [3.8, 4) is 0 Å². The molecule has 3 aromatic rings. The number of rotatable bonds is 9. The maximum atomic E-state index is 8.64. The molecule has 0 saturated carbocycles. The molecule has 3 aromatic carbocycles. The molecule has 3 rings (SSSR count). The van der Waals surface area contributed by atoms with Crippen LogP contribution in [0.4, 0.5) is 0 Å². The molecule has 3 nitrogen and oxygen atoms in total. The van der Waals surface area contributed by atoms with Gasteiger partial charge in [0.1, 0.15) is 0 Å². The van der Waals surface area contributed by atoms with Crippen molar-refractivity contribution in [2.45, 2.75) is 19.8 Å². The topological polar surface area (TPSA) is 27.7 Å². The van der Waals surface area contributed by atoms with Gasteiger partial charge in [-0.25, -0.2) is 0 Å². The predicted octanol–water partition coefficient (Wildman–Crippen LogP) is 5.33. The monoisotopic (exact) mass is 356 g/mol. The molecular weight excluding hydrogens is 331 g/mol. The van der Waals surface area contributed by atoms with Crippen LogP contribution in [0.1, 0.15) is 16.7 Å². The van der Waals surface area contributed by atoms with Crippen molar-refractivity contribution in [3.05, 3.63) is 108 Å². The number of hydrogen-bond donors (Lipinski definition) is 0. The van der Waals surface area contributed by atoms with E-state index in [9.17, 15) is 0 Å². The Hall–Kier alpha value is -2.03. The molecule has 0 N–H and O–H groups in total. The first-order valence-electron chi connectivity index (χ1n) is 8.77. The molecular formula is C21H23O3P. The molecule has 0 heterocycles. The average molecular weight is 356 g/mol. The second kappa shape index (κ2) is 10.1. The van der Waals surface area contributed by atoms with E-state index in [1.165, 1.54) is 0 Å². The number of hydrogen-bond acceptors (Lipinski definition) is 3. The van der Waals surface area contributed by atoms with Crippen molar-refractivity contribution in [1.29, 1.82) is 1.28 Å². The van der Waals surface area contributed by atoms with Crippen molar-refractivity contribution >= 4 is 8.55 Å². The van der Waals surface area contributed by atoms with Crippen LogP contribution in [0, 0.1) is 0 Å². The summed E-state index contributed by atoms with van der Waals surface area (Å²) in [5, 5.41) is 0. The van der Waals surface area contributed by atoms with Gasteiger partial charge in [0.15, 0.2) is 0 Å². The van der Waals surface area contributed by atoms with E-state index in [1.807, 2.05) is 91.0 Å². The minimum atomic E-state index is -3.55. The Kier molecular flexibility index (Phi) is 6.62. The standard InChI is InChI=1S/C21H23O3P/c1-4-10-19(11-5-1)16-22-25(23-17-20-12-6-2-7-13-20)24-18-21-14-8-3-9-15-21/h1-15H,16-18,25H2/i25T. The maximum absolute atomic E-state index is 8.64. The normalized spacial score (nSPS) is 12.6. The Balaban J connectivity index is 1.64. The summed E-state index contributed by atoms with van der Waals surface area (Å²) < 4.78 is 26.1. The quantitative estimate of drug-likeness (QED) is 0.485. The minimum absolute atomic E-state index is 0.292. The molecule has 0 fully saturated rings. The molecule has 130 valence electrons. The SMILES string of the molecule is [3H][PH](OCc1ccccc1)(OCc1ccccc1)OCc1ccccc1. The molecule has 0 aromatic heterocycles. The molecule has 0 aliphatic rings. The summed E-state index contributed by atoms with van der Waals surface area (Å²) in [6, 6.07) is 29.3. The van der Waals surface area contributed by atoms with E-state index < -0.39 is 8.55 Å². The summed E-state index contributed by atoms with van der Waals surface area (Å²) in [6.45, 7) is 0.875. The first-order chi connectivity index (χ1) is 12.7. The molecule has 0 atom stereocenters. The van der Waals surface area contributed by atoms with Crippen molar-refractivity contribution in [1.82, 2.24) is 0 Å². The Morgan fingerprint density at radius 3 is 1.08 bits per heavy atom. The zero-order valence-electron chi connectivity index (χ0n) is 15.0. The summed E-state index contributed by atoms with van der Waals surface area (Å²) in [5.74, 6) is 0. The van der Waals surface area contributed by atoms with Crippen molar-refractivity contribution in [2.24, 2.45) is 0 Å². The van der Waals surface area contributed by atoms with E-state index in [0.29, 0.717) is 19.8 Å². The van der Waals surface area contributed by atoms with Crippen molar-refractivity contribution in [3.63, 3.8) is 0 Å². The van der Waals surface area contributed by atoms with E-state index in [4.69, 9.17) is 14.8 Å². The third-order valence-electron chi connectivity index (χ3n) is 3.60. The molecule has 0 aliphatic heterocycles. The summed E-state index contributed by atoms with van der Waals surface area (Å²) in [4.78, 5) is 0. The average Bonchev–Trinajstić information content (AvgIpc) is 2.72. The van der Waals surface area contributed by atoms with Gasteiger partial charge >= 0.3 is 151 Å². The molecule has 0 amide bonds. The Morgan fingerprint density at radius 2 is 0.800 bits per heavy atom. The van der Waals surface area contributed by atoms with E-state index in [-0.39, 0.29) is 0 Å². The van der Waals surface area contributed by atoms with Crippen molar-refractivity contribution < 1.29 is 13.6 Å². The van der Waals surface area contributed by atoms with Gasteiger partial charge in [-0.2, -0.15) is 0 Å². The van der Waals surface area contributed by atoms with Gasteiger partial charge in [-0.15, -0.1) is 0 Å². The van der Waals surface area contributed by atoms with Gasteiger partial charge in [-0.05, 0) is 0 Å². The first-order valence-corrected chi connectivity index (χ1v) is 9.50. The molecule has 4 heteroatoms. The van der Waals surface area contributed by atoms with Crippen LogP contribution in [-0.2, 0) is 33.4 Å². The zero-order valence-corrected chi connectivity index (χ0v) is 15.0. The summed E-state index contributed by atoms with van der Waals surface area (Å²) in [6.07, 6.45) is 0. The molecule has 0 saturated heterocycles. The van der Waals surface area contributed by atoms with Crippen LogP contribution < -0.4 is 0 Å². The summed E-state index contributed by atoms with van der Waals surface area (Å²) in [5.41, 5.74) is 2.97. The van der Waals surface area contributed by atoms with Gasteiger partial charge in [0.05, 0.1) is 0 Å². The fourth-order valence-corrected chi connectivity index (χ4v) is 3.38. The van der Waals surface area contributed by atoms with Gasteiger partial charge < -0.3 is 0 Å². The van der Waals surface area contributed by atoms with Crippen LogP contribution >= 0.6 is 8.55 Å². The zero-order chi connectivity index (χ0) is 18.1. The van der Waals surface area contributed by atoms with E-state index in [0.717, 1.165) is 16.7 Å². The van der Waals surface area contributed by atoms with Crippen LogP contribution in [-0.4, -0.2) is 1.28 Å². The molecule has 0 aliphatic carbocycles. The van der Waals surface area contributed by atoms with Crippen molar-refractivity contribution in [2.75, 3.05) is 0 Å².